The molecule has 0 radical (unpaired) electrons. The Kier molecular flexibility index (Phi) is 4.31. The molecular formula is C18H21N5O2. The second-order valence-electron chi connectivity index (χ2n) is 6.35. The third kappa shape index (κ3) is 3.07. The highest BCUT2D eigenvalue weighted by Crippen LogP contribution is 2.29. The summed E-state index contributed by atoms with van der Waals surface area (Å²) in [5, 5.41) is 4.78. The lowest BCUT2D eigenvalue weighted by Crippen LogP contribution is -2.31. The maximum Gasteiger partial charge on any atom is 0.261 e. The van der Waals surface area contributed by atoms with Gasteiger partial charge in [-0.2, -0.15) is 4.98 Å². The summed E-state index contributed by atoms with van der Waals surface area (Å²) >= 11 is 0. The molecule has 1 aromatic carbocycles. The van der Waals surface area contributed by atoms with Crippen LogP contribution in [0.4, 0.5) is 0 Å². The maximum absolute atomic E-state index is 12.6. The van der Waals surface area contributed by atoms with Crippen LogP contribution in [-0.2, 0) is 13.0 Å². The van der Waals surface area contributed by atoms with E-state index in [-0.39, 0.29) is 11.6 Å². The third-order valence-electron chi connectivity index (χ3n) is 4.81. The van der Waals surface area contributed by atoms with Crippen molar-refractivity contribution >= 4 is 10.9 Å². The van der Waals surface area contributed by atoms with Crippen molar-refractivity contribution in [1.29, 1.82) is 0 Å². The second kappa shape index (κ2) is 6.76. The first-order chi connectivity index (χ1) is 12.3. The minimum absolute atomic E-state index is 0.00850. The lowest BCUT2D eigenvalue weighted by molar-refractivity contribution is 0.232. The zero-order valence-corrected chi connectivity index (χ0v) is 14.3. The number of benzene rings is 1. The van der Waals surface area contributed by atoms with Gasteiger partial charge < -0.3 is 4.52 Å². The van der Waals surface area contributed by atoms with E-state index in [1.54, 1.807) is 10.9 Å². The molecule has 0 spiro atoms. The van der Waals surface area contributed by atoms with Crippen molar-refractivity contribution in [2.24, 2.45) is 0 Å². The zero-order chi connectivity index (χ0) is 17.2. The quantitative estimate of drug-likeness (QED) is 0.709. The van der Waals surface area contributed by atoms with Crippen LogP contribution in [0.1, 0.15) is 37.5 Å². The highest BCUT2D eigenvalue weighted by Gasteiger charge is 2.29. The van der Waals surface area contributed by atoms with Crippen LogP contribution in [0.25, 0.3) is 10.9 Å². The van der Waals surface area contributed by atoms with Gasteiger partial charge in [0.1, 0.15) is 0 Å². The number of hydrogen-bond acceptors (Lipinski definition) is 6. The topological polar surface area (TPSA) is 77.1 Å². The molecule has 1 atom stereocenters. The number of fused-ring (bicyclic) bond motifs is 1. The van der Waals surface area contributed by atoms with Gasteiger partial charge in [-0.3, -0.25) is 14.3 Å². The van der Waals surface area contributed by atoms with Crippen molar-refractivity contribution in [2.75, 3.05) is 13.1 Å². The first-order valence-electron chi connectivity index (χ1n) is 8.77. The largest absolute Gasteiger partial charge is 0.339 e. The summed E-state index contributed by atoms with van der Waals surface area (Å²) in [6.07, 6.45) is 4.51. The van der Waals surface area contributed by atoms with Crippen LogP contribution in [0.2, 0.25) is 0 Å². The van der Waals surface area contributed by atoms with Gasteiger partial charge in [0.15, 0.2) is 5.82 Å². The molecule has 25 heavy (non-hydrogen) atoms. The Morgan fingerprint density at radius 2 is 2.16 bits per heavy atom. The second-order valence-corrected chi connectivity index (χ2v) is 6.35. The highest BCUT2D eigenvalue weighted by atomic mass is 16.5. The number of nitrogens with zero attached hydrogens (tertiary/aromatic N) is 5. The van der Waals surface area contributed by atoms with Crippen molar-refractivity contribution < 1.29 is 4.52 Å². The zero-order valence-electron chi connectivity index (χ0n) is 14.3. The highest BCUT2D eigenvalue weighted by molar-refractivity contribution is 5.76. The summed E-state index contributed by atoms with van der Waals surface area (Å²) in [5.74, 6) is 1.44. The third-order valence-corrected chi connectivity index (χ3v) is 4.81. The summed E-state index contributed by atoms with van der Waals surface area (Å²) in [7, 11) is 0. The molecule has 1 saturated heterocycles. The smallest absolute Gasteiger partial charge is 0.261 e. The fourth-order valence-corrected chi connectivity index (χ4v) is 3.43. The van der Waals surface area contributed by atoms with Crippen LogP contribution in [0.5, 0.6) is 0 Å². The predicted molar refractivity (Wildman–Crippen MR) is 93.2 cm³/mol. The molecule has 2 aromatic heterocycles. The van der Waals surface area contributed by atoms with Crippen molar-refractivity contribution in [3.8, 4) is 0 Å². The molecule has 0 amide bonds. The Morgan fingerprint density at radius 3 is 3.00 bits per heavy atom. The predicted octanol–water partition coefficient (Wildman–Crippen LogP) is 2.18. The summed E-state index contributed by atoms with van der Waals surface area (Å²) in [6.45, 7) is 4.35. The van der Waals surface area contributed by atoms with Crippen LogP contribution in [0.3, 0.4) is 0 Å². The summed E-state index contributed by atoms with van der Waals surface area (Å²) < 4.78 is 6.94. The van der Waals surface area contributed by atoms with Crippen LogP contribution in [0.15, 0.2) is 39.9 Å². The SMILES string of the molecule is CCc1nc([C@H]2CCCN2CCn2cnc3ccccc3c2=O)no1. The average molecular weight is 339 g/mol. The van der Waals surface area contributed by atoms with Gasteiger partial charge in [0.05, 0.1) is 23.3 Å². The van der Waals surface area contributed by atoms with Gasteiger partial charge in [-0.05, 0) is 31.5 Å². The van der Waals surface area contributed by atoms with Gasteiger partial charge >= 0.3 is 0 Å². The Hall–Kier alpha value is -2.54. The summed E-state index contributed by atoms with van der Waals surface area (Å²) in [4.78, 5) is 23.8. The Morgan fingerprint density at radius 1 is 1.28 bits per heavy atom. The molecule has 3 aromatic rings. The minimum atomic E-state index is 0.00850. The molecule has 1 aliphatic rings. The summed E-state index contributed by atoms with van der Waals surface area (Å²) in [5.41, 5.74) is 0.746. The molecule has 0 bridgehead atoms. The fraction of sp³-hybridized carbons (Fsp3) is 0.444. The molecule has 0 unspecified atom stereocenters. The first-order valence-corrected chi connectivity index (χ1v) is 8.77. The van der Waals surface area contributed by atoms with Gasteiger partial charge in [0, 0.05) is 19.5 Å². The van der Waals surface area contributed by atoms with Crippen LogP contribution in [0, 0.1) is 0 Å². The standard InChI is InChI=1S/C18H21N5O2/c1-2-16-20-17(21-25-16)15-8-5-9-22(15)10-11-23-12-19-14-7-4-3-6-13(14)18(23)24/h3-4,6-7,12,15H,2,5,8-11H2,1H3/t15-/m1/s1. The van der Waals surface area contributed by atoms with Crippen molar-refractivity contribution in [1.82, 2.24) is 24.6 Å². The normalized spacial score (nSPS) is 18.2. The van der Waals surface area contributed by atoms with Crippen molar-refractivity contribution in [2.45, 2.75) is 38.8 Å². The lowest BCUT2D eigenvalue weighted by atomic mass is 10.2. The van der Waals surface area contributed by atoms with Crippen molar-refractivity contribution in [3.05, 3.63) is 52.7 Å². The molecule has 0 aliphatic carbocycles. The maximum atomic E-state index is 12.6. The van der Waals surface area contributed by atoms with Gasteiger partial charge in [-0.15, -0.1) is 0 Å². The van der Waals surface area contributed by atoms with Gasteiger partial charge in [-0.1, -0.05) is 24.2 Å². The van der Waals surface area contributed by atoms with E-state index in [1.807, 2.05) is 31.2 Å². The van der Waals surface area contributed by atoms with E-state index >= 15 is 0 Å². The number of rotatable bonds is 5. The van der Waals surface area contributed by atoms with E-state index in [0.29, 0.717) is 17.8 Å². The van der Waals surface area contributed by atoms with E-state index in [9.17, 15) is 4.79 Å². The van der Waals surface area contributed by atoms with Crippen molar-refractivity contribution in [3.63, 3.8) is 0 Å². The molecule has 7 heteroatoms. The molecule has 0 saturated carbocycles. The molecule has 1 aliphatic heterocycles. The van der Waals surface area contributed by atoms with Crippen LogP contribution < -0.4 is 5.56 Å². The van der Waals surface area contributed by atoms with Gasteiger partial charge in [-0.25, -0.2) is 4.98 Å². The van der Waals surface area contributed by atoms with Crippen LogP contribution in [-0.4, -0.2) is 37.7 Å². The average Bonchev–Trinajstić information content (AvgIpc) is 3.30. The molecule has 0 N–H and O–H groups in total. The fourth-order valence-electron chi connectivity index (χ4n) is 3.43. The first kappa shape index (κ1) is 16.0. The Bertz CT molecular complexity index is 932. The van der Waals surface area contributed by atoms with E-state index in [0.717, 1.165) is 43.7 Å². The molecule has 7 nitrogen and oxygen atoms in total. The lowest BCUT2D eigenvalue weighted by Gasteiger charge is -2.22. The van der Waals surface area contributed by atoms with Gasteiger partial charge in [0.2, 0.25) is 5.89 Å². The van der Waals surface area contributed by atoms with Crippen LogP contribution >= 0.6 is 0 Å². The summed E-state index contributed by atoms with van der Waals surface area (Å²) in [6, 6.07) is 7.62. The monoisotopic (exact) mass is 339 g/mol. The number of hydrogen-bond donors (Lipinski definition) is 0. The van der Waals surface area contributed by atoms with E-state index < -0.39 is 0 Å². The van der Waals surface area contributed by atoms with Gasteiger partial charge in [0.25, 0.3) is 5.56 Å². The van der Waals surface area contributed by atoms with E-state index in [1.165, 1.54) is 0 Å². The molecule has 4 rings (SSSR count). The minimum Gasteiger partial charge on any atom is -0.339 e. The van der Waals surface area contributed by atoms with E-state index in [4.69, 9.17) is 4.52 Å². The molecule has 1 fully saturated rings. The molecule has 130 valence electrons. The Labute approximate surface area is 145 Å². The number of likely N-dealkylation sites (tertiary alicyclic amines) is 1. The number of aromatic nitrogens is 4. The Balaban J connectivity index is 1.50. The number of para-hydroxylation sites is 1. The molecule has 3 heterocycles. The van der Waals surface area contributed by atoms with E-state index in [2.05, 4.69) is 20.0 Å². The molecular weight excluding hydrogens is 318 g/mol. The number of aryl methyl sites for hydroxylation is 1.